The smallest absolute Gasteiger partial charge is 0.274 e. The molecule has 1 amide bonds. The van der Waals surface area contributed by atoms with E-state index in [0.717, 1.165) is 17.4 Å². The highest BCUT2D eigenvalue weighted by Crippen LogP contribution is 2.27. The van der Waals surface area contributed by atoms with Crippen LogP contribution < -0.4 is 10.9 Å². The summed E-state index contributed by atoms with van der Waals surface area (Å²) in [6.07, 6.45) is 11.4. The first kappa shape index (κ1) is 20.3. The molecule has 0 spiro atoms. The number of benzene rings is 1. The highest BCUT2D eigenvalue weighted by Gasteiger charge is 2.16. The van der Waals surface area contributed by atoms with E-state index in [1.165, 1.54) is 36.8 Å². The summed E-state index contributed by atoms with van der Waals surface area (Å²) in [7, 11) is 0. The molecule has 1 N–H and O–H groups in total. The van der Waals surface area contributed by atoms with E-state index in [1.54, 1.807) is 12.4 Å². The molecule has 4 rings (SSSR count). The predicted molar refractivity (Wildman–Crippen MR) is 117 cm³/mol. The van der Waals surface area contributed by atoms with E-state index in [9.17, 15) is 9.59 Å². The topological polar surface area (TPSA) is 76.9 Å². The highest BCUT2D eigenvalue weighted by molar-refractivity contribution is 5.84. The van der Waals surface area contributed by atoms with Crippen LogP contribution in [0.3, 0.4) is 0 Å². The molecular formula is C24H28N4O2. The molecule has 1 aromatic carbocycles. The number of hydrogen-bond donors (Lipinski definition) is 1. The zero-order valence-electron chi connectivity index (χ0n) is 17.2. The van der Waals surface area contributed by atoms with Gasteiger partial charge in [0.05, 0.1) is 24.2 Å². The van der Waals surface area contributed by atoms with Gasteiger partial charge in [-0.15, -0.1) is 0 Å². The third-order valence-corrected chi connectivity index (χ3v) is 5.96. The van der Waals surface area contributed by atoms with E-state index < -0.39 is 0 Å². The minimum atomic E-state index is -0.137. The number of rotatable bonds is 7. The molecule has 2 aromatic heterocycles. The number of carbonyl (C=O) groups is 1. The number of nitrogens with zero attached hydrogens (tertiary/aromatic N) is 3. The third-order valence-electron chi connectivity index (χ3n) is 5.96. The molecule has 0 atom stereocenters. The van der Waals surface area contributed by atoms with Crippen molar-refractivity contribution in [3.05, 3.63) is 70.4 Å². The maximum atomic E-state index is 12.9. The molecule has 1 fully saturated rings. The Hall–Kier alpha value is -3.02. The van der Waals surface area contributed by atoms with Gasteiger partial charge in [-0.05, 0) is 30.0 Å². The Labute approximate surface area is 176 Å². The lowest BCUT2D eigenvalue weighted by Gasteiger charge is -2.21. The molecule has 3 aromatic rings. The lowest BCUT2D eigenvalue weighted by molar-refractivity contribution is -0.121. The Kier molecular flexibility index (Phi) is 6.52. The van der Waals surface area contributed by atoms with Gasteiger partial charge in [0.2, 0.25) is 5.91 Å². The van der Waals surface area contributed by atoms with Crippen LogP contribution in [-0.4, -0.2) is 20.7 Å². The summed E-state index contributed by atoms with van der Waals surface area (Å²) >= 11 is 0. The standard InChI is InChI=1S/C24H28N4O2/c29-23(13-12-18-7-2-1-3-8-18)26-16-22-20-10-4-5-11-21(20)24(30)28(27-22)17-19-9-6-14-25-15-19/h4-6,9-11,14-15,18H,1-3,7-8,12-13,16-17H2,(H,26,29). The summed E-state index contributed by atoms with van der Waals surface area (Å²) in [5.74, 6) is 0.737. The van der Waals surface area contributed by atoms with Crippen LogP contribution >= 0.6 is 0 Å². The molecule has 1 aliphatic carbocycles. The highest BCUT2D eigenvalue weighted by atomic mass is 16.1. The maximum Gasteiger partial charge on any atom is 0.274 e. The minimum Gasteiger partial charge on any atom is -0.350 e. The molecule has 6 heteroatoms. The average Bonchev–Trinajstić information content (AvgIpc) is 2.80. The third kappa shape index (κ3) is 4.93. The quantitative estimate of drug-likeness (QED) is 0.649. The summed E-state index contributed by atoms with van der Waals surface area (Å²) < 4.78 is 1.46. The van der Waals surface area contributed by atoms with Crippen LogP contribution in [0.5, 0.6) is 0 Å². The van der Waals surface area contributed by atoms with Gasteiger partial charge in [0, 0.05) is 24.2 Å². The lowest BCUT2D eigenvalue weighted by atomic mass is 9.86. The number of fused-ring (bicyclic) bond motifs is 1. The monoisotopic (exact) mass is 404 g/mol. The molecule has 1 aliphatic rings. The van der Waals surface area contributed by atoms with Gasteiger partial charge in [-0.3, -0.25) is 14.6 Å². The van der Waals surface area contributed by atoms with Crippen molar-refractivity contribution < 1.29 is 4.79 Å². The molecule has 0 radical (unpaired) electrons. The van der Waals surface area contributed by atoms with Gasteiger partial charge in [0.1, 0.15) is 0 Å². The van der Waals surface area contributed by atoms with Crippen molar-refractivity contribution in [2.75, 3.05) is 0 Å². The van der Waals surface area contributed by atoms with Crippen molar-refractivity contribution >= 4 is 16.7 Å². The van der Waals surface area contributed by atoms with Gasteiger partial charge in [-0.1, -0.05) is 56.4 Å². The average molecular weight is 405 g/mol. The number of nitrogens with one attached hydrogen (secondary N) is 1. The molecule has 6 nitrogen and oxygen atoms in total. The van der Waals surface area contributed by atoms with Crippen molar-refractivity contribution in [3.8, 4) is 0 Å². The van der Waals surface area contributed by atoms with Crippen molar-refractivity contribution in [2.24, 2.45) is 5.92 Å². The molecule has 0 aliphatic heterocycles. The van der Waals surface area contributed by atoms with Crippen LogP contribution in [0, 0.1) is 5.92 Å². The second kappa shape index (κ2) is 9.65. The summed E-state index contributed by atoms with van der Waals surface area (Å²) in [6.45, 7) is 0.664. The minimum absolute atomic E-state index is 0.0523. The van der Waals surface area contributed by atoms with Crippen LogP contribution in [0.15, 0.2) is 53.6 Å². The Morgan fingerprint density at radius 1 is 1.07 bits per heavy atom. The van der Waals surface area contributed by atoms with Gasteiger partial charge in [-0.2, -0.15) is 5.10 Å². The fraction of sp³-hybridized carbons (Fsp3) is 0.417. The van der Waals surface area contributed by atoms with E-state index in [4.69, 9.17) is 0 Å². The van der Waals surface area contributed by atoms with E-state index in [-0.39, 0.29) is 11.5 Å². The van der Waals surface area contributed by atoms with Crippen LogP contribution in [0.25, 0.3) is 10.8 Å². The Balaban J connectivity index is 1.49. The van der Waals surface area contributed by atoms with Crippen molar-refractivity contribution in [2.45, 2.75) is 58.0 Å². The Morgan fingerprint density at radius 3 is 2.63 bits per heavy atom. The van der Waals surface area contributed by atoms with Gasteiger partial charge >= 0.3 is 0 Å². The molecule has 2 heterocycles. The lowest BCUT2D eigenvalue weighted by Crippen LogP contribution is -2.29. The zero-order chi connectivity index (χ0) is 20.8. The summed E-state index contributed by atoms with van der Waals surface area (Å²) in [5.41, 5.74) is 1.48. The van der Waals surface area contributed by atoms with Crippen molar-refractivity contribution in [1.82, 2.24) is 20.1 Å². The summed E-state index contributed by atoms with van der Waals surface area (Å²) in [4.78, 5) is 29.4. The summed E-state index contributed by atoms with van der Waals surface area (Å²) in [5, 5.41) is 8.99. The number of pyridine rings is 1. The van der Waals surface area contributed by atoms with E-state index >= 15 is 0 Å². The first-order chi connectivity index (χ1) is 14.7. The number of hydrogen-bond acceptors (Lipinski definition) is 4. The zero-order valence-corrected chi connectivity index (χ0v) is 17.2. The fourth-order valence-corrected chi connectivity index (χ4v) is 4.29. The molecule has 0 unspecified atom stereocenters. The largest absolute Gasteiger partial charge is 0.350 e. The molecule has 156 valence electrons. The normalized spacial score (nSPS) is 14.7. The molecule has 1 saturated carbocycles. The van der Waals surface area contributed by atoms with Gasteiger partial charge in [0.15, 0.2) is 0 Å². The first-order valence-corrected chi connectivity index (χ1v) is 10.8. The van der Waals surface area contributed by atoms with Gasteiger partial charge < -0.3 is 5.32 Å². The van der Waals surface area contributed by atoms with E-state index in [0.29, 0.717) is 36.5 Å². The summed E-state index contributed by atoms with van der Waals surface area (Å²) in [6, 6.07) is 11.2. The molecule has 0 bridgehead atoms. The van der Waals surface area contributed by atoms with Crippen molar-refractivity contribution in [3.63, 3.8) is 0 Å². The number of aromatic nitrogens is 3. The maximum absolute atomic E-state index is 12.9. The van der Waals surface area contributed by atoms with Crippen LogP contribution in [0.1, 0.15) is 56.2 Å². The Morgan fingerprint density at radius 2 is 1.87 bits per heavy atom. The molecule has 30 heavy (non-hydrogen) atoms. The van der Waals surface area contributed by atoms with Crippen LogP contribution in [0.4, 0.5) is 0 Å². The SMILES string of the molecule is O=C(CCC1CCCCC1)NCc1nn(Cc2cccnc2)c(=O)c2ccccc12. The van der Waals surface area contributed by atoms with E-state index in [2.05, 4.69) is 15.4 Å². The number of amides is 1. The van der Waals surface area contributed by atoms with Gasteiger partial charge in [-0.25, -0.2) is 4.68 Å². The van der Waals surface area contributed by atoms with Crippen LogP contribution in [-0.2, 0) is 17.9 Å². The second-order valence-electron chi connectivity index (χ2n) is 8.14. The predicted octanol–water partition coefficient (Wildman–Crippen LogP) is 3.82. The van der Waals surface area contributed by atoms with Crippen molar-refractivity contribution in [1.29, 1.82) is 0 Å². The fourth-order valence-electron chi connectivity index (χ4n) is 4.29. The first-order valence-electron chi connectivity index (χ1n) is 10.8. The van der Waals surface area contributed by atoms with E-state index in [1.807, 2.05) is 36.4 Å². The molecule has 0 saturated heterocycles. The second-order valence-corrected chi connectivity index (χ2v) is 8.14. The Bertz CT molecular complexity index is 1060. The van der Waals surface area contributed by atoms with Crippen LogP contribution in [0.2, 0.25) is 0 Å². The van der Waals surface area contributed by atoms with Gasteiger partial charge in [0.25, 0.3) is 5.56 Å². The number of carbonyl (C=O) groups excluding carboxylic acids is 1. The molecular weight excluding hydrogens is 376 g/mol.